The molecular formula is C9H13F4N3O2. The van der Waals surface area contributed by atoms with Crippen molar-refractivity contribution in [2.45, 2.75) is 12.3 Å². The van der Waals surface area contributed by atoms with E-state index in [0.717, 1.165) is 0 Å². The summed E-state index contributed by atoms with van der Waals surface area (Å²) in [5, 5.41) is 4.46. The number of piperazine rings is 1. The number of carbonyl (C=O) groups is 2. The van der Waals surface area contributed by atoms with Crippen molar-refractivity contribution < 1.29 is 27.2 Å². The van der Waals surface area contributed by atoms with Crippen LogP contribution in [0, 0.1) is 0 Å². The average molecular weight is 271 g/mol. The Hall–Kier alpha value is -1.38. The maximum atomic E-state index is 12.5. The predicted molar refractivity (Wildman–Crippen MR) is 53.4 cm³/mol. The molecule has 5 nitrogen and oxygen atoms in total. The zero-order valence-electron chi connectivity index (χ0n) is 9.39. The lowest BCUT2D eigenvalue weighted by molar-refractivity contribution is -0.150. The van der Waals surface area contributed by atoms with Gasteiger partial charge in [-0.25, -0.2) is 8.78 Å². The third-order valence-corrected chi connectivity index (χ3v) is 2.40. The van der Waals surface area contributed by atoms with Crippen LogP contribution in [0.3, 0.4) is 0 Å². The van der Waals surface area contributed by atoms with E-state index >= 15 is 0 Å². The Kier molecular flexibility index (Phi) is 4.88. The minimum absolute atomic E-state index is 0.275. The van der Waals surface area contributed by atoms with E-state index in [1.807, 2.05) is 0 Å². The summed E-state index contributed by atoms with van der Waals surface area (Å²) in [7, 11) is 0. The minimum Gasteiger partial charge on any atom is -0.342 e. The molecule has 1 aliphatic heterocycles. The van der Waals surface area contributed by atoms with Gasteiger partial charge < -0.3 is 15.5 Å². The van der Waals surface area contributed by atoms with Crippen molar-refractivity contribution in [3.63, 3.8) is 0 Å². The molecule has 2 N–H and O–H groups in total. The molecule has 0 bridgehead atoms. The standard InChI is InChI=1S/C9H13F4N3O2/c10-8(11)9(12,13)5-15-6(17)7(18)16-3-1-14-2-4-16/h8,14H,1-5H2,(H,15,17). The van der Waals surface area contributed by atoms with Crippen LogP contribution in [-0.4, -0.2) is 61.8 Å². The fourth-order valence-electron chi connectivity index (χ4n) is 1.36. The van der Waals surface area contributed by atoms with E-state index in [4.69, 9.17) is 0 Å². The number of alkyl halides is 4. The molecule has 0 aliphatic carbocycles. The van der Waals surface area contributed by atoms with Gasteiger partial charge in [-0.2, -0.15) is 8.78 Å². The van der Waals surface area contributed by atoms with Gasteiger partial charge in [-0.1, -0.05) is 0 Å². The van der Waals surface area contributed by atoms with Crippen LogP contribution < -0.4 is 10.6 Å². The summed E-state index contributed by atoms with van der Waals surface area (Å²) in [6.07, 6.45) is -3.88. The first-order valence-corrected chi connectivity index (χ1v) is 5.28. The van der Waals surface area contributed by atoms with E-state index in [1.165, 1.54) is 10.2 Å². The summed E-state index contributed by atoms with van der Waals surface area (Å²) in [5.41, 5.74) is 0. The van der Waals surface area contributed by atoms with Gasteiger partial charge in [-0.15, -0.1) is 0 Å². The number of halogens is 4. The predicted octanol–water partition coefficient (Wildman–Crippen LogP) is -0.565. The normalized spacial score (nSPS) is 16.8. The Morgan fingerprint density at radius 1 is 1.28 bits per heavy atom. The maximum Gasteiger partial charge on any atom is 0.324 e. The summed E-state index contributed by atoms with van der Waals surface area (Å²) >= 11 is 0. The van der Waals surface area contributed by atoms with Crippen LogP contribution in [0.5, 0.6) is 0 Å². The molecule has 0 saturated carbocycles. The molecule has 0 aromatic carbocycles. The molecular weight excluding hydrogens is 258 g/mol. The zero-order valence-corrected chi connectivity index (χ0v) is 9.39. The number of carbonyl (C=O) groups excluding carboxylic acids is 2. The van der Waals surface area contributed by atoms with Gasteiger partial charge in [-0.05, 0) is 0 Å². The number of amides is 2. The molecule has 0 aromatic heterocycles. The summed E-state index contributed by atoms with van der Waals surface area (Å²) in [6.45, 7) is -0.0191. The number of nitrogens with zero attached hydrogens (tertiary/aromatic N) is 1. The number of hydrogen-bond donors (Lipinski definition) is 2. The Balaban J connectivity index is 2.42. The van der Waals surface area contributed by atoms with E-state index in [0.29, 0.717) is 13.1 Å². The highest BCUT2D eigenvalue weighted by molar-refractivity contribution is 6.35. The second-order valence-corrected chi connectivity index (χ2v) is 3.79. The van der Waals surface area contributed by atoms with Crippen LogP contribution in [0.25, 0.3) is 0 Å². The van der Waals surface area contributed by atoms with Gasteiger partial charge in [0.1, 0.15) is 0 Å². The second kappa shape index (κ2) is 5.98. The fourth-order valence-corrected chi connectivity index (χ4v) is 1.36. The van der Waals surface area contributed by atoms with Gasteiger partial charge in [0.2, 0.25) is 0 Å². The Labute approximate surface area is 100 Å². The monoisotopic (exact) mass is 271 g/mol. The van der Waals surface area contributed by atoms with Gasteiger partial charge in [0.05, 0.1) is 6.54 Å². The molecule has 0 spiro atoms. The topological polar surface area (TPSA) is 61.4 Å². The van der Waals surface area contributed by atoms with Crippen LogP contribution in [0.4, 0.5) is 17.6 Å². The highest BCUT2D eigenvalue weighted by Gasteiger charge is 2.41. The van der Waals surface area contributed by atoms with Crippen LogP contribution in [-0.2, 0) is 9.59 Å². The largest absolute Gasteiger partial charge is 0.342 e. The second-order valence-electron chi connectivity index (χ2n) is 3.79. The van der Waals surface area contributed by atoms with Gasteiger partial charge in [0.25, 0.3) is 0 Å². The van der Waals surface area contributed by atoms with Crippen LogP contribution >= 0.6 is 0 Å². The molecule has 0 unspecified atom stereocenters. The van der Waals surface area contributed by atoms with Crippen molar-refractivity contribution in [3.05, 3.63) is 0 Å². The van der Waals surface area contributed by atoms with Crippen molar-refractivity contribution >= 4 is 11.8 Å². The smallest absolute Gasteiger partial charge is 0.324 e. The molecule has 1 fully saturated rings. The van der Waals surface area contributed by atoms with Crippen molar-refractivity contribution in [2.24, 2.45) is 0 Å². The number of hydrogen-bond acceptors (Lipinski definition) is 3. The fraction of sp³-hybridized carbons (Fsp3) is 0.778. The van der Waals surface area contributed by atoms with E-state index < -0.39 is 30.7 Å². The Bertz CT molecular complexity index is 319. The summed E-state index contributed by atoms with van der Waals surface area (Å²) in [4.78, 5) is 23.8. The average Bonchev–Trinajstić information content (AvgIpc) is 2.36. The molecule has 1 rings (SSSR count). The molecule has 18 heavy (non-hydrogen) atoms. The molecule has 2 amide bonds. The first-order chi connectivity index (χ1) is 8.34. The third-order valence-electron chi connectivity index (χ3n) is 2.40. The third kappa shape index (κ3) is 3.83. The lowest BCUT2D eigenvalue weighted by Crippen LogP contribution is -2.53. The van der Waals surface area contributed by atoms with Gasteiger partial charge in [0, 0.05) is 26.2 Å². The molecule has 1 saturated heterocycles. The van der Waals surface area contributed by atoms with E-state index in [-0.39, 0.29) is 13.1 Å². The van der Waals surface area contributed by atoms with E-state index in [9.17, 15) is 27.2 Å². The van der Waals surface area contributed by atoms with Crippen molar-refractivity contribution in [1.82, 2.24) is 15.5 Å². The molecule has 1 heterocycles. The van der Waals surface area contributed by atoms with Crippen LogP contribution in [0.1, 0.15) is 0 Å². The SMILES string of the molecule is O=C(NCC(F)(F)C(F)F)C(=O)N1CCNCC1. The van der Waals surface area contributed by atoms with E-state index in [2.05, 4.69) is 5.32 Å². The summed E-state index contributed by atoms with van der Waals surface area (Å²) in [6, 6.07) is 0. The quantitative estimate of drug-likeness (QED) is 0.534. The number of rotatable bonds is 3. The first kappa shape index (κ1) is 14.7. The Morgan fingerprint density at radius 3 is 2.33 bits per heavy atom. The van der Waals surface area contributed by atoms with Crippen LogP contribution in [0.2, 0.25) is 0 Å². The van der Waals surface area contributed by atoms with Gasteiger partial charge in [0.15, 0.2) is 0 Å². The lowest BCUT2D eigenvalue weighted by Gasteiger charge is -2.27. The molecule has 9 heteroatoms. The zero-order chi connectivity index (χ0) is 13.8. The first-order valence-electron chi connectivity index (χ1n) is 5.28. The minimum atomic E-state index is -4.33. The lowest BCUT2D eigenvalue weighted by atomic mass is 10.3. The van der Waals surface area contributed by atoms with E-state index in [1.54, 1.807) is 0 Å². The maximum absolute atomic E-state index is 12.5. The molecule has 0 radical (unpaired) electrons. The summed E-state index contributed by atoms with van der Waals surface area (Å²) < 4.78 is 48.7. The molecule has 1 aliphatic rings. The highest BCUT2D eigenvalue weighted by atomic mass is 19.3. The van der Waals surface area contributed by atoms with Crippen LogP contribution in [0.15, 0.2) is 0 Å². The van der Waals surface area contributed by atoms with Gasteiger partial charge in [-0.3, -0.25) is 9.59 Å². The van der Waals surface area contributed by atoms with Crippen molar-refractivity contribution in [1.29, 1.82) is 0 Å². The molecule has 0 atom stereocenters. The van der Waals surface area contributed by atoms with Crippen molar-refractivity contribution in [3.8, 4) is 0 Å². The summed E-state index contributed by atoms with van der Waals surface area (Å²) in [5.74, 6) is -6.61. The molecule has 0 aromatic rings. The number of nitrogens with one attached hydrogen (secondary N) is 2. The highest BCUT2D eigenvalue weighted by Crippen LogP contribution is 2.21. The van der Waals surface area contributed by atoms with Crippen molar-refractivity contribution in [2.75, 3.05) is 32.7 Å². The Morgan fingerprint density at radius 2 is 1.83 bits per heavy atom. The molecule has 104 valence electrons. The van der Waals surface area contributed by atoms with Gasteiger partial charge >= 0.3 is 24.2 Å².